The van der Waals surface area contributed by atoms with Gasteiger partial charge in [-0.3, -0.25) is 24.8 Å². The molecule has 1 aromatic heterocycles. The van der Waals surface area contributed by atoms with E-state index < -0.39 is 58.4 Å². The quantitative estimate of drug-likeness (QED) is 0.109. The van der Waals surface area contributed by atoms with Crippen molar-refractivity contribution in [2.45, 2.75) is 99.0 Å². The summed E-state index contributed by atoms with van der Waals surface area (Å²) in [5.74, 6) is -1.40. The minimum absolute atomic E-state index is 0.0112. The number of rotatable bonds is 17. The molecule has 13 heteroatoms. The van der Waals surface area contributed by atoms with E-state index >= 15 is 0 Å². The fraction of sp³-hybridized carbons (Fsp3) is 0.500. The standard InChI is InChI=1S/C42H60N6O7/c1-40(2,3)35(45-34(51)24-42(7,8)27-49)37(52)44-32(23-28-15-11-10-12-16-28)33(50)26-48(47-38(53)36(41(4,5)6)46-39(54)55-9)25-29-18-20-30(21-19-29)31-17-13-14-22-43-31/h10-22,32-33,35-36,49-50H,23-27H2,1-9H3,(H,44,52)(H,45,51)(H,46,54)(H,47,53). The second-order valence-electron chi connectivity index (χ2n) is 16.9. The summed E-state index contributed by atoms with van der Waals surface area (Å²) in [6.07, 6.45) is -0.0278. The number of methoxy groups -OCH3 is 1. The van der Waals surface area contributed by atoms with E-state index in [-0.39, 0.29) is 38.4 Å². The minimum atomic E-state index is -1.23. The Balaban J connectivity index is 1.96. The van der Waals surface area contributed by atoms with Crippen LogP contribution in [0.25, 0.3) is 11.3 Å². The Morgan fingerprint density at radius 2 is 1.36 bits per heavy atom. The second-order valence-corrected chi connectivity index (χ2v) is 16.9. The van der Waals surface area contributed by atoms with Crippen molar-refractivity contribution in [3.63, 3.8) is 0 Å². The van der Waals surface area contributed by atoms with Crippen LogP contribution in [-0.4, -0.2) is 88.5 Å². The highest BCUT2D eigenvalue weighted by atomic mass is 16.5. The zero-order valence-corrected chi connectivity index (χ0v) is 33.7. The number of hydrazine groups is 1. The lowest BCUT2D eigenvalue weighted by Crippen LogP contribution is -2.61. The average Bonchev–Trinajstić information content (AvgIpc) is 3.12. The third-order valence-corrected chi connectivity index (χ3v) is 9.13. The molecule has 3 aromatic rings. The van der Waals surface area contributed by atoms with Crippen LogP contribution in [0.15, 0.2) is 79.0 Å². The molecule has 0 aliphatic rings. The van der Waals surface area contributed by atoms with Crippen molar-refractivity contribution in [3.8, 4) is 11.3 Å². The van der Waals surface area contributed by atoms with Crippen LogP contribution >= 0.6 is 0 Å². The Hall–Kier alpha value is -4.85. The van der Waals surface area contributed by atoms with Gasteiger partial charge in [-0.2, -0.15) is 0 Å². The number of aliphatic hydroxyl groups is 2. The fourth-order valence-corrected chi connectivity index (χ4v) is 5.91. The number of alkyl carbamates (subject to hydrolysis) is 1. The number of pyridine rings is 1. The zero-order valence-electron chi connectivity index (χ0n) is 33.7. The first-order valence-corrected chi connectivity index (χ1v) is 18.6. The molecule has 4 amide bonds. The summed E-state index contributed by atoms with van der Waals surface area (Å²) in [6, 6.07) is 19.9. The number of carbonyl (C=O) groups is 4. The molecule has 0 spiro atoms. The van der Waals surface area contributed by atoms with Crippen LogP contribution in [0.1, 0.15) is 72.9 Å². The van der Waals surface area contributed by atoms with Gasteiger partial charge in [0, 0.05) is 37.9 Å². The SMILES string of the molecule is COC(=O)NC(C(=O)NN(Cc1ccc(-c2ccccn2)cc1)CC(O)C(Cc1ccccc1)NC(=O)C(NC(=O)CC(C)(C)CO)C(C)(C)C)C(C)(C)C. The van der Waals surface area contributed by atoms with E-state index in [9.17, 15) is 29.4 Å². The first kappa shape index (κ1) is 44.5. The Morgan fingerprint density at radius 1 is 0.764 bits per heavy atom. The van der Waals surface area contributed by atoms with E-state index in [0.29, 0.717) is 0 Å². The van der Waals surface area contributed by atoms with Crippen molar-refractivity contribution in [3.05, 3.63) is 90.1 Å². The Morgan fingerprint density at radius 3 is 1.91 bits per heavy atom. The van der Waals surface area contributed by atoms with E-state index in [4.69, 9.17) is 4.74 Å². The molecule has 300 valence electrons. The molecule has 3 rings (SSSR count). The normalized spacial score (nSPS) is 14.3. The zero-order chi connectivity index (χ0) is 41.0. The van der Waals surface area contributed by atoms with Crippen LogP contribution in [0.5, 0.6) is 0 Å². The van der Waals surface area contributed by atoms with Crippen molar-refractivity contribution in [2.24, 2.45) is 16.2 Å². The van der Waals surface area contributed by atoms with Crippen molar-refractivity contribution >= 4 is 23.8 Å². The van der Waals surface area contributed by atoms with E-state index in [1.54, 1.807) is 25.1 Å². The van der Waals surface area contributed by atoms with E-state index in [1.807, 2.05) is 114 Å². The molecule has 0 radical (unpaired) electrons. The molecule has 2 aromatic carbocycles. The van der Waals surface area contributed by atoms with Crippen LogP contribution in [0.4, 0.5) is 4.79 Å². The van der Waals surface area contributed by atoms with Crippen molar-refractivity contribution in [1.82, 2.24) is 31.4 Å². The molecule has 4 unspecified atom stereocenters. The van der Waals surface area contributed by atoms with Crippen LogP contribution < -0.4 is 21.4 Å². The number of hydrogen-bond donors (Lipinski definition) is 6. The van der Waals surface area contributed by atoms with Crippen molar-refractivity contribution < 1.29 is 34.1 Å². The van der Waals surface area contributed by atoms with Gasteiger partial charge in [0.15, 0.2) is 0 Å². The molecule has 0 saturated heterocycles. The summed E-state index contributed by atoms with van der Waals surface area (Å²) in [5, 5.41) is 31.8. The Kier molecular flexibility index (Phi) is 15.9. The molecule has 0 aliphatic carbocycles. The van der Waals surface area contributed by atoms with Gasteiger partial charge in [-0.15, -0.1) is 0 Å². The predicted octanol–water partition coefficient (Wildman–Crippen LogP) is 4.38. The minimum Gasteiger partial charge on any atom is -0.453 e. The summed E-state index contributed by atoms with van der Waals surface area (Å²) in [4.78, 5) is 57.7. The smallest absolute Gasteiger partial charge is 0.407 e. The van der Waals surface area contributed by atoms with Crippen molar-refractivity contribution in [1.29, 1.82) is 0 Å². The van der Waals surface area contributed by atoms with Crippen LogP contribution in [0, 0.1) is 16.2 Å². The summed E-state index contributed by atoms with van der Waals surface area (Å²) >= 11 is 0. The van der Waals surface area contributed by atoms with Gasteiger partial charge in [-0.25, -0.2) is 9.80 Å². The summed E-state index contributed by atoms with van der Waals surface area (Å²) < 4.78 is 4.79. The number of benzene rings is 2. The summed E-state index contributed by atoms with van der Waals surface area (Å²) in [5.41, 5.74) is 4.18. The maximum absolute atomic E-state index is 14.1. The van der Waals surface area contributed by atoms with Crippen LogP contribution in [-0.2, 0) is 32.1 Å². The third-order valence-electron chi connectivity index (χ3n) is 9.13. The van der Waals surface area contributed by atoms with Gasteiger partial charge in [0.2, 0.25) is 11.8 Å². The number of amides is 4. The van der Waals surface area contributed by atoms with Gasteiger partial charge in [0.25, 0.3) is 5.91 Å². The molecule has 0 bridgehead atoms. The second kappa shape index (κ2) is 19.7. The number of aromatic nitrogens is 1. The average molecular weight is 761 g/mol. The predicted molar refractivity (Wildman–Crippen MR) is 212 cm³/mol. The van der Waals surface area contributed by atoms with Gasteiger partial charge in [-0.1, -0.05) is 116 Å². The Bertz CT molecular complexity index is 1690. The molecule has 4 atom stereocenters. The number of nitrogens with one attached hydrogen (secondary N) is 4. The topological polar surface area (TPSA) is 182 Å². The number of carbonyl (C=O) groups excluding carboxylic acids is 4. The van der Waals surface area contributed by atoms with E-state index in [1.165, 1.54) is 7.11 Å². The molecular formula is C42H60N6O7. The maximum atomic E-state index is 14.1. The summed E-state index contributed by atoms with van der Waals surface area (Å²) in [7, 11) is 1.22. The lowest BCUT2D eigenvalue weighted by molar-refractivity contribution is -0.134. The molecule has 0 fully saturated rings. The maximum Gasteiger partial charge on any atom is 0.407 e. The van der Waals surface area contributed by atoms with E-state index in [2.05, 4.69) is 26.4 Å². The number of hydrogen-bond acceptors (Lipinski definition) is 9. The first-order chi connectivity index (χ1) is 25.7. The van der Waals surface area contributed by atoms with E-state index in [0.717, 1.165) is 22.4 Å². The molecule has 0 saturated carbocycles. The molecule has 55 heavy (non-hydrogen) atoms. The lowest BCUT2D eigenvalue weighted by Gasteiger charge is -2.36. The monoisotopic (exact) mass is 760 g/mol. The van der Waals surface area contributed by atoms with Crippen molar-refractivity contribution in [2.75, 3.05) is 20.3 Å². The van der Waals surface area contributed by atoms with Gasteiger partial charge >= 0.3 is 6.09 Å². The van der Waals surface area contributed by atoms with Gasteiger partial charge < -0.3 is 30.9 Å². The highest BCUT2D eigenvalue weighted by Gasteiger charge is 2.38. The molecule has 0 aliphatic heterocycles. The first-order valence-electron chi connectivity index (χ1n) is 18.6. The highest BCUT2D eigenvalue weighted by Crippen LogP contribution is 2.24. The highest BCUT2D eigenvalue weighted by molar-refractivity contribution is 5.89. The molecule has 13 nitrogen and oxygen atoms in total. The van der Waals surface area contributed by atoms with Crippen LogP contribution in [0.3, 0.4) is 0 Å². The Labute approximate surface area is 325 Å². The van der Waals surface area contributed by atoms with Gasteiger partial charge in [-0.05, 0) is 45.9 Å². The fourth-order valence-electron chi connectivity index (χ4n) is 5.91. The summed E-state index contributed by atoms with van der Waals surface area (Å²) in [6.45, 7) is 14.3. The largest absolute Gasteiger partial charge is 0.453 e. The lowest BCUT2D eigenvalue weighted by atomic mass is 9.84. The van der Waals surface area contributed by atoms with Gasteiger partial charge in [0.05, 0.1) is 24.9 Å². The van der Waals surface area contributed by atoms with Crippen LogP contribution in [0.2, 0.25) is 0 Å². The molecular weight excluding hydrogens is 700 g/mol. The number of ether oxygens (including phenoxy) is 1. The molecule has 1 heterocycles. The number of nitrogens with zero attached hydrogens (tertiary/aromatic N) is 2. The third kappa shape index (κ3) is 14.4. The van der Waals surface area contributed by atoms with Gasteiger partial charge in [0.1, 0.15) is 12.1 Å². The molecule has 6 N–H and O–H groups in total. The number of aliphatic hydroxyl groups excluding tert-OH is 2.